The Hall–Kier alpha value is -7.66. The molecule has 3 aromatic heterocycles. The van der Waals surface area contributed by atoms with E-state index in [-0.39, 0.29) is 45.0 Å². The first-order valence-corrected chi connectivity index (χ1v) is 16.9. The summed E-state index contributed by atoms with van der Waals surface area (Å²) in [6.07, 6.45) is 0. The Morgan fingerprint density at radius 2 is 1.07 bits per heavy atom. The summed E-state index contributed by atoms with van der Waals surface area (Å²) in [5.74, 6) is 0.869. The molecule has 300 valence electrons. The Labute approximate surface area is 347 Å². The number of nitrogens with one attached hydrogen (secondary N) is 1. The highest BCUT2D eigenvalue weighted by molar-refractivity contribution is 6.34. The van der Waals surface area contributed by atoms with E-state index in [4.69, 9.17) is 51.7 Å². The summed E-state index contributed by atoms with van der Waals surface area (Å²) in [5, 5.41) is 86.8. The molecule has 29 heteroatoms. The highest BCUT2D eigenvalue weighted by Gasteiger charge is 2.17. The summed E-state index contributed by atoms with van der Waals surface area (Å²) in [6.45, 7) is 0. The second-order valence-corrected chi connectivity index (χ2v) is 12.4. The smallest absolute Gasteiger partial charge is 0.258 e. The summed E-state index contributed by atoms with van der Waals surface area (Å²) in [4.78, 5) is 41.2. The van der Waals surface area contributed by atoms with Crippen molar-refractivity contribution in [1.29, 1.82) is 5.26 Å². The molecule has 4 aromatic carbocycles. The fraction of sp³-hybridized carbons (Fsp3) is 0.0667. The number of aromatic nitrogens is 12. The first-order chi connectivity index (χ1) is 28.0. The van der Waals surface area contributed by atoms with Gasteiger partial charge >= 0.3 is 0 Å². The molecule has 1 N–H and O–H groups in total. The van der Waals surface area contributed by atoms with E-state index in [9.17, 15) is 40.5 Å². The van der Waals surface area contributed by atoms with Gasteiger partial charge in [-0.05, 0) is 45.1 Å². The molecule has 0 aliphatic carbocycles. The zero-order chi connectivity index (χ0) is 43.4. The van der Waals surface area contributed by atoms with Crippen LogP contribution in [-0.4, -0.2) is 80.7 Å². The number of rotatable bonds is 7. The van der Waals surface area contributed by atoms with E-state index < -0.39 is 19.7 Å². The lowest BCUT2D eigenvalue weighted by molar-refractivity contribution is -0.385. The summed E-state index contributed by atoms with van der Waals surface area (Å²) in [7, 11) is 3.23. The van der Waals surface area contributed by atoms with Gasteiger partial charge in [0.25, 0.3) is 22.7 Å². The average Bonchev–Trinajstić information content (AvgIpc) is 3.99. The van der Waals surface area contributed by atoms with Crippen molar-refractivity contribution in [3.8, 4) is 40.2 Å². The van der Waals surface area contributed by atoms with Crippen LogP contribution in [0.5, 0.6) is 0 Å². The van der Waals surface area contributed by atoms with Crippen molar-refractivity contribution in [2.75, 3.05) is 0 Å². The molecule has 0 saturated heterocycles. The molecule has 0 aliphatic rings. The number of nitro benzene ring substituents is 4. The molecular formula is C30H19Cl4N17O8. The number of aromatic amines is 1. The van der Waals surface area contributed by atoms with Crippen LogP contribution < -0.4 is 0 Å². The fourth-order valence-corrected chi connectivity index (χ4v) is 5.00. The van der Waals surface area contributed by atoms with E-state index in [1.54, 1.807) is 20.2 Å². The van der Waals surface area contributed by atoms with Crippen LogP contribution in [0.15, 0.2) is 72.8 Å². The quantitative estimate of drug-likeness (QED) is 0.133. The first-order valence-electron chi connectivity index (χ1n) is 15.4. The largest absolute Gasteiger partial charge is 0.270 e. The molecular weight excluding hydrogens is 868 g/mol. The van der Waals surface area contributed by atoms with Gasteiger partial charge in [-0.15, -0.1) is 25.5 Å². The molecule has 0 fully saturated rings. The maximum absolute atomic E-state index is 10.6. The maximum Gasteiger partial charge on any atom is 0.270 e. The minimum Gasteiger partial charge on any atom is -0.258 e. The van der Waals surface area contributed by atoms with Gasteiger partial charge in [-0.2, -0.15) is 15.3 Å². The van der Waals surface area contributed by atoms with Crippen LogP contribution in [0.25, 0.3) is 34.2 Å². The van der Waals surface area contributed by atoms with Crippen molar-refractivity contribution in [3.05, 3.63) is 139 Å². The predicted molar refractivity (Wildman–Crippen MR) is 206 cm³/mol. The molecule has 0 bridgehead atoms. The molecule has 0 atom stereocenters. The van der Waals surface area contributed by atoms with E-state index in [0.717, 1.165) is 6.07 Å². The monoisotopic (exact) mass is 885 g/mol. The molecule has 0 unspecified atom stereocenters. The molecule has 7 aromatic rings. The Bertz CT molecular complexity index is 2710. The van der Waals surface area contributed by atoms with Crippen LogP contribution in [-0.2, 0) is 14.1 Å². The van der Waals surface area contributed by atoms with Gasteiger partial charge in [-0.1, -0.05) is 46.4 Å². The summed E-state index contributed by atoms with van der Waals surface area (Å²) in [5.41, 5.74) is 1.00. The van der Waals surface area contributed by atoms with E-state index >= 15 is 0 Å². The number of nitriles is 1. The lowest BCUT2D eigenvalue weighted by Crippen LogP contribution is -1.96. The van der Waals surface area contributed by atoms with Gasteiger partial charge in [0.2, 0.25) is 11.6 Å². The number of benzene rings is 4. The van der Waals surface area contributed by atoms with Gasteiger partial charge in [0, 0.05) is 72.3 Å². The molecule has 25 nitrogen and oxygen atoms in total. The van der Waals surface area contributed by atoms with Crippen LogP contribution in [0.4, 0.5) is 22.7 Å². The Morgan fingerprint density at radius 1 is 0.610 bits per heavy atom. The Morgan fingerprint density at radius 3 is 1.47 bits per heavy atom. The van der Waals surface area contributed by atoms with Gasteiger partial charge in [0.15, 0.2) is 5.82 Å². The lowest BCUT2D eigenvalue weighted by atomic mass is 10.2. The number of aryl methyl sites for hydroxylation is 2. The van der Waals surface area contributed by atoms with Crippen molar-refractivity contribution in [2.24, 2.45) is 14.1 Å². The zero-order valence-electron chi connectivity index (χ0n) is 29.4. The van der Waals surface area contributed by atoms with Gasteiger partial charge in [-0.3, -0.25) is 40.5 Å². The van der Waals surface area contributed by atoms with Crippen LogP contribution in [0.1, 0.15) is 5.56 Å². The second kappa shape index (κ2) is 20.0. The number of H-pyrrole nitrogens is 1. The minimum absolute atomic E-state index is 0.0533. The number of hydrogen-bond acceptors (Lipinski definition) is 18. The SMILES string of the molecule is Cn1nnc(-c2cc([N+](=O)[O-])ccc2Cl)n1.Cn1nnnc1-c1cc([N+](=O)[O-])ccc1Cl.N#Cc1cc([N+](=O)[O-])ccc1Cl.O=[N+]([O-])c1ccc(Cl)c(-c2nn[nH]n2)c1. The topological polar surface area (TPSA) is 338 Å². The molecule has 0 aliphatic heterocycles. The Balaban J connectivity index is 0.000000175. The van der Waals surface area contributed by atoms with Crippen molar-refractivity contribution in [3.63, 3.8) is 0 Å². The molecule has 3 heterocycles. The third-order valence-corrected chi connectivity index (χ3v) is 8.28. The third-order valence-electron chi connectivity index (χ3n) is 6.96. The van der Waals surface area contributed by atoms with Crippen molar-refractivity contribution in [1.82, 2.24) is 61.0 Å². The van der Waals surface area contributed by atoms with E-state index in [1.807, 2.05) is 0 Å². The summed E-state index contributed by atoms with van der Waals surface area (Å²) >= 11 is 23.2. The Kier molecular flexibility index (Phi) is 14.9. The van der Waals surface area contributed by atoms with Crippen LogP contribution in [0.2, 0.25) is 20.1 Å². The average molecular weight is 887 g/mol. The van der Waals surface area contributed by atoms with Gasteiger partial charge in [0.05, 0.1) is 52.4 Å². The molecule has 59 heavy (non-hydrogen) atoms. The van der Waals surface area contributed by atoms with E-state index in [0.29, 0.717) is 37.6 Å². The van der Waals surface area contributed by atoms with Crippen LogP contribution >= 0.6 is 46.4 Å². The van der Waals surface area contributed by atoms with E-state index in [2.05, 4.69) is 51.6 Å². The van der Waals surface area contributed by atoms with Gasteiger partial charge in [0.1, 0.15) is 6.07 Å². The molecule has 0 amide bonds. The van der Waals surface area contributed by atoms with Crippen molar-refractivity contribution < 1.29 is 19.7 Å². The fourth-order valence-electron chi connectivity index (χ4n) is 4.23. The molecule has 0 saturated carbocycles. The second-order valence-electron chi connectivity index (χ2n) is 10.8. The summed E-state index contributed by atoms with van der Waals surface area (Å²) in [6, 6.07) is 17.7. The van der Waals surface area contributed by atoms with Crippen molar-refractivity contribution in [2.45, 2.75) is 0 Å². The molecule has 0 radical (unpaired) electrons. The number of halogens is 4. The van der Waals surface area contributed by atoms with Crippen molar-refractivity contribution >= 4 is 69.2 Å². The van der Waals surface area contributed by atoms with Crippen LogP contribution in [0.3, 0.4) is 0 Å². The number of nitrogens with zero attached hydrogens (tertiary/aromatic N) is 16. The number of non-ortho nitro benzene ring substituents is 4. The highest BCUT2D eigenvalue weighted by Crippen LogP contribution is 2.31. The number of tetrazole rings is 3. The van der Waals surface area contributed by atoms with E-state index in [1.165, 1.54) is 76.2 Å². The minimum atomic E-state index is -0.572. The molecule has 7 rings (SSSR count). The highest BCUT2D eigenvalue weighted by atomic mass is 35.5. The van der Waals surface area contributed by atoms with Crippen LogP contribution in [0, 0.1) is 51.8 Å². The standard InChI is InChI=1S/2C8H6ClN5O2.C7H4ClN5O2.C7H3ClN2O2/c1-13-8(10-11-12-13)6-4-5(14(15)16)2-3-7(6)9;1-13-11-8(10-12-13)6-4-5(14(15)16)2-3-7(6)9;8-6-2-1-4(13(14)15)3-5(6)7-9-11-12-10-7;8-7-2-1-6(10(11)12)3-5(7)4-9/h2*2-4H,1H3;1-3H,(H,9,10,11,12);1-3H. The lowest BCUT2D eigenvalue weighted by Gasteiger charge is -2.01. The third kappa shape index (κ3) is 11.7. The number of nitro groups is 4. The molecule has 0 spiro atoms. The predicted octanol–water partition coefficient (Wildman–Crippen LogP) is 6.43. The van der Waals surface area contributed by atoms with Gasteiger partial charge in [-0.25, -0.2) is 4.68 Å². The first kappa shape index (κ1) is 44.1. The normalized spacial score (nSPS) is 10.1. The van der Waals surface area contributed by atoms with Gasteiger partial charge < -0.3 is 0 Å². The maximum atomic E-state index is 10.6. The summed E-state index contributed by atoms with van der Waals surface area (Å²) < 4.78 is 1.39. The zero-order valence-corrected chi connectivity index (χ0v) is 32.4. The number of hydrogen-bond donors (Lipinski definition) is 1.